The molecule has 2 amide bonds. The van der Waals surface area contributed by atoms with Gasteiger partial charge >= 0.3 is 0 Å². The molecule has 10 heteroatoms. The highest BCUT2D eigenvalue weighted by Crippen LogP contribution is 2.26. The number of nitrogens with zero attached hydrogens (tertiary/aromatic N) is 2. The molecule has 7 nitrogen and oxygen atoms in total. The van der Waals surface area contributed by atoms with Crippen molar-refractivity contribution in [3.63, 3.8) is 0 Å². The predicted octanol–water partition coefficient (Wildman–Crippen LogP) is 5.62. The summed E-state index contributed by atoms with van der Waals surface area (Å²) in [7, 11) is -3.88. The maximum absolute atomic E-state index is 14.1. The Bertz CT molecular complexity index is 1440. The SMILES string of the molecule is Cc1ccc(N(CC(=O)N(Cc2ccc(Cl)cc2)C(Cc2ccccc2)C(=O)NC(C)(C)C)S(C)(=O)=O)cc1Cl. The summed E-state index contributed by atoms with van der Waals surface area (Å²) in [6.45, 7) is 6.95. The lowest BCUT2D eigenvalue weighted by Gasteiger charge is -2.35. The Balaban J connectivity index is 2.08. The maximum Gasteiger partial charge on any atom is 0.244 e. The molecule has 0 saturated heterocycles. The second-order valence-electron chi connectivity index (χ2n) is 10.8. The van der Waals surface area contributed by atoms with Crippen molar-refractivity contribution in [1.29, 1.82) is 0 Å². The molecule has 0 bridgehead atoms. The van der Waals surface area contributed by atoms with Crippen LogP contribution >= 0.6 is 23.2 Å². The molecule has 1 atom stereocenters. The van der Waals surface area contributed by atoms with E-state index in [1.54, 1.807) is 43.3 Å². The summed E-state index contributed by atoms with van der Waals surface area (Å²) >= 11 is 12.4. The Morgan fingerprint density at radius 3 is 2.10 bits per heavy atom. The minimum atomic E-state index is -3.88. The number of nitrogens with one attached hydrogen (secondary N) is 1. The van der Waals surface area contributed by atoms with Gasteiger partial charge in [0.15, 0.2) is 0 Å². The first-order chi connectivity index (χ1) is 18.6. The van der Waals surface area contributed by atoms with Crippen LogP contribution in [0.15, 0.2) is 72.8 Å². The molecular formula is C30H35Cl2N3O4S. The van der Waals surface area contributed by atoms with Gasteiger partial charge in [-0.05, 0) is 68.7 Å². The third kappa shape index (κ3) is 8.98. The number of benzene rings is 3. The summed E-state index contributed by atoms with van der Waals surface area (Å²) in [5.74, 6) is -0.884. The van der Waals surface area contributed by atoms with Gasteiger partial charge in [-0.15, -0.1) is 0 Å². The van der Waals surface area contributed by atoms with Gasteiger partial charge in [0.25, 0.3) is 0 Å². The number of amides is 2. The molecule has 0 saturated carbocycles. The van der Waals surface area contributed by atoms with E-state index in [1.807, 2.05) is 51.1 Å². The molecule has 3 aromatic carbocycles. The van der Waals surface area contributed by atoms with Crippen molar-refractivity contribution in [2.75, 3.05) is 17.1 Å². The van der Waals surface area contributed by atoms with E-state index in [9.17, 15) is 18.0 Å². The smallest absolute Gasteiger partial charge is 0.244 e. The Hall–Kier alpha value is -3.07. The molecule has 1 N–H and O–H groups in total. The van der Waals surface area contributed by atoms with Crippen LogP contribution in [0.25, 0.3) is 0 Å². The lowest BCUT2D eigenvalue weighted by molar-refractivity contribution is -0.140. The number of halogens is 2. The van der Waals surface area contributed by atoms with Crippen LogP contribution in [0, 0.1) is 6.92 Å². The van der Waals surface area contributed by atoms with Crippen molar-refractivity contribution in [2.45, 2.75) is 52.2 Å². The van der Waals surface area contributed by atoms with Crippen LogP contribution in [0.5, 0.6) is 0 Å². The van der Waals surface area contributed by atoms with E-state index >= 15 is 0 Å². The summed E-state index contributed by atoms with van der Waals surface area (Å²) in [6, 6.07) is 20.2. The average Bonchev–Trinajstić information content (AvgIpc) is 2.86. The number of anilines is 1. The van der Waals surface area contributed by atoms with Crippen LogP contribution in [-0.2, 0) is 32.6 Å². The molecule has 0 aliphatic carbocycles. The molecule has 0 aliphatic heterocycles. The largest absolute Gasteiger partial charge is 0.350 e. The number of sulfonamides is 1. The minimum absolute atomic E-state index is 0.0668. The zero-order chi connectivity index (χ0) is 29.7. The van der Waals surface area contributed by atoms with Gasteiger partial charge in [0.2, 0.25) is 21.8 Å². The number of hydrogen-bond acceptors (Lipinski definition) is 4. The topological polar surface area (TPSA) is 86.8 Å². The summed E-state index contributed by atoms with van der Waals surface area (Å²) in [5, 5.41) is 3.91. The van der Waals surface area contributed by atoms with Crippen LogP contribution in [0.4, 0.5) is 5.69 Å². The quantitative estimate of drug-likeness (QED) is 0.326. The van der Waals surface area contributed by atoms with Crippen LogP contribution in [0.3, 0.4) is 0 Å². The fourth-order valence-electron chi connectivity index (χ4n) is 4.14. The standard InChI is InChI=1S/C30H35Cl2N3O4S/c1-21-11-16-25(18-26(21)32)35(40(5,38)39)20-28(36)34(19-23-12-14-24(31)15-13-23)27(29(37)33-30(2,3)4)17-22-9-7-6-8-10-22/h6-16,18,27H,17,19-20H2,1-5H3,(H,33,37). The molecule has 0 aliphatic rings. The number of aryl methyl sites for hydroxylation is 1. The summed E-state index contributed by atoms with van der Waals surface area (Å²) in [6.07, 6.45) is 1.27. The van der Waals surface area contributed by atoms with Gasteiger partial charge in [-0.25, -0.2) is 8.42 Å². The van der Waals surface area contributed by atoms with Crippen LogP contribution in [0.1, 0.15) is 37.5 Å². The van der Waals surface area contributed by atoms with E-state index in [-0.39, 0.29) is 24.6 Å². The molecule has 0 aromatic heterocycles. The fourth-order valence-corrected chi connectivity index (χ4v) is 5.29. The lowest BCUT2D eigenvalue weighted by atomic mass is 10.0. The van der Waals surface area contributed by atoms with Gasteiger partial charge < -0.3 is 10.2 Å². The molecule has 0 heterocycles. The highest BCUT2D eigenvalue weighted by molar-refractivity contribution is 7.92. The Labute approximate surface area is 247 Å². The van der Waals surface area contributed by atoms with Crippen molar-refractivity contribution in [3.8, 4) is 0 Å². The third-order valence-corrected chi connectivity index (χ3v) is 7.96. The fraction of sp³-hybridized carbons (Fsp3) is 0.333. The van der Waals surface area contributed by atoms with Crippen LogP contribution in [-0.4, -0.2) is 49.5 Å². The number of carbonyl (C=O) groups excluding carboxylic acids is 2. The Morgan fingerprint density at radius 2 is 1.55 bits per heavy atom. The molecular weight excluding hydrogens is 569 g/mol. The van der Waals surface area contributed by atoms with Gasteiger partial charge in [-0.1, -0.05) is 71.7 Å². The number of carbonyl (C=O) groups is 2. The average molecular weight is 605 g/mol. The maximum atomic E-state index is 14.1. The lowest BCUT2D eigenvalue weighted by Crippen LogP contribution is -2.56. The summed E-state index contributed by atoms with van der Waals surface area (Å²) in [5.41, 5.74) is 2.07. The van der Waals surface area contributed by atoms with E-state index in [2.05, 4.69) is 5.32 Å². The monoisotopic (exact) mass is 603 g/mol. The molecule has 0 spiro atoms. The van der Waals surface area contributed by atoms with Crippen molar-refractivity contribution < 1.29 is 18.0 Å². The highest BCUT2D eigenvalue weighted by Gasteiger charge is 2.34. The Morgan fingerprint density at radius 1 is 0.925 bits per heavy atom. The van der Waals surface area contributed by atoms with E-state index in [0.717, 1.165) is 27.3 Å². The van der Waals surface area contributed by atoms with E-state index < -0.39 is 34.1 Å². The Kier molecular flexibility index (Phi) is 10.3. The van der Waals surface area contributed by atoms with Gasteiger partial charge in [-0.2, -0.15) is 0 Å². The van der Waals surface area contributed by atoms with Crippen molar-refractivity contribution in [3.05, 3.63) is 99.5 Å². The summed E-state index contributed by atoms with van der Waals surface area (Å²) in [4.78, 5) is 29.2. The molecule has 3 aromatic rings. The minimum Gasteiger partial charge on any atom is -0.350 e. The van der Waals surface area contributed by atoms with E-state index in [1.165, 1.54) is 11.0 Å². The van der Waals surface area contributed by atoms with Gasteiger partial charge in [0.1, 0.15) is 12.6 Å². The first-order valence-corrected chi connectivity index (χ1v) is 15.4. The van der Waals surface area contributed by atoms with Crippen molar-refractivity contribution in [1.82, 2.24) is 10.2 Å². The first-order valence-electron chi connectivity index (χ1n) is 12.8. The second-order valence-corrected chi connectivity index (χ2v) is 13.5. The van der Waals surface area contributed by atoms with Crippen molar-refractivity contribution in [2.24, 2.45) is 0 Å². The van der Waals surface area contributed by atoms with Gasteiger partial charge in [0, 0.05) is 28.5 Å². The molecule has 40 heavy (non-hydrogen) atoms. The first kappa shape index (κ1) is 31.5. The van der Waals surface area contributed by atoms with E-state index in [4.69, 9.17) is 23.2 Å². The molecule has 214 valence electrons. The van der Waals surface area contributed by atoms with Crippen LogP contribution in [0.2, 0.25) is 10.0 Å². The molecule has 1 unspecified atom stereocenters. The summed E-state index contributed by atoms with van der Waals surface area (Å²) < 4.78 is 26.8. The molecule has 0 radical (unpaired) electrons. The number of rotatable bonds is 10. The molecule has 3 rings (SSSR count). The highest BCUT2D eigenvalue weighted by atomic mass is 35.5. The zero-order valence-electron chi connectivity index (χ0n) is 23.3. The third-order valence-electron chi connectivity index (χ3n) is 6.16. The van der Waals surface area contributed by atoms with E-state index in [0.29, 0.717) is 10.0 Å². The second kappa shape index (κ2) is 13.1. The normalized spacial score (nSPS) is 12.5. The van der Waals surface area contributed by atoms with Crippen molar-refractivity contribution >= 4 is 50.7 Å². The van der Waals surface area contributed by atoms with Crippen LogP contribution < -0.4 is 9.62 Å². The van der Waals surface area contributed by atoms with Gasteiger partial charge in [-0.3, -0.25) is 13.9 Å². The number of hydrogen-bond donors (Lipinski definition) is 1. The molecule has 0 fully saturated rings. The van der Waals surface area contributed by atoms with Gasteiger partial charge in [0.05, 0.1) is 11.9 Å². The zero-order valence-corrected chi connectivity index (χ0v) is 25.6. The predicted molar refractivity (Wildman–Crippen MR) is 162 cm³/mol.